The van der Waals surface area contributed by atoms with E-state index in [-0.39, 0.29) is 5.57 Å². The van der Waals surface area contributed by atoms with E-state index in [4.69, 9.17) is 15.3 Å². The maximum Gasteiger partial charge on any atom is 0.130 e. The molecule has 0 saturated heterocycles. The van der Waals surface area contributed by atoms with Gasteiger partial charge < -0.3 is 4.74 Å². The van der Waals surface area contributed by atoms with Gasteiger partial charge in [0.1, 0.15) is 23.5 Å². The Morgan fingerprint density at radius 1 is 1.00 bits per heavy atom. The number of nitrogens with zero attached hydrogens (tertiary/aromatic N) is 2. The predicted octanol–water partition coefficient (Wildman–Crippen LogP) is 3.74. The molecule has 0 atom stereocenters. The average molecular weight is 274 g/mol. The first-order valence-corrected chi connectivity index (χ1v) is 6.60. The van der Waals surface area contributed by atoms with E-state index in [0.29, 0.717) is 6.61 Å². The molecule has 0 saturated carbocycles. The Labute approximate surface area is 124 Å². The molecular formula is C18H14N2O. The Morgan fingerprint density at radius 3 is 2.48 bits per heavy atom. The van der Waals surface area contributed by atoms with Crippen LogP contribution in [0.5, 0.6) is 5.75 Å². The number of nitriles is 2. The van der Waals surface area contributed by atoms with Crippen LogP contribution in [-0.4, -0.2) is 6.61 Å². The first kappa shape index (κ1) is 14.4. The zero-order valence-electron chi connectivity index (χ0n) is 11.5. The number of hydrogen-bond donors (Lipinski definition) is 0. The van der Waals surface area contributed by atoms with Crippen molar-refractivity contribution in [1.82, 2.24) is 0 Å². The van der Waals surface area contributed by atoms with E-state index < -0.39 is 0 Å². The molecule has 0 unspecified atom stereocenters. The maximum atomic E-state index is 8.75. The van der Waals surface area contributed by atoms with Gasteiger partial charge in [-0.05, 0) is 29.3 Å². The van der Waals surface area contributed by atoms with Crippen molar-refractivity contribution in [2.75, 3.05) is 6.61 Å². The Balaban J connectivity index is 1.97. The van der Waals surface area contributed by atoms with Crippen LogP contribution in [-0.2, 0) is 6.42 Å². The van der Waals surface area contributed by atoms with Crippen LogP contribution in [0.25, 0.3) is 6.08 Å². The van der Waals surface area contributed by atoms with Gasteiger partial charge in [0.15, 0.2) is 0 Å². The summed E-state index contributed by atoms with van der Waals surface area (Å²) in [6.45, 7) is 0.584. The predicted molar refractivity (Wildman–Crippen MR) is 81.3 cm³/mol. The van der Waals surface area contributed by atoms with E-state index in [1.165, 1.54) is 5.56 Å². The number of benzene rings is 2. The van der Waals surface area contributed by atoms with E-state index >= 15 is 0 Å². The third-order valence-corrected chi connectivity index (χ3v) is 2.91. The van der Waals surface area contributed by atoms with E-state index in [2.05, 4.69) is 12.1 Å². The number of allylic oxidation sites excluding steroid dienone is 1. The summed E-state index contributed by atoms with van der Waals surface area (Å²) in [6.07, 6.45) is 2.38. The Kier molecular flexibility index (Phi) is 5.15. The Bertz CT molecular complexity index is 690. The summed E-state index contributed by atoms with van der Waals surface area (Å²) in [5.41, 5.74) is 2.09. The second kappa shape index (κ2) is 7.53. The van der Waals surface area contributed by atoms with Crippen LogP contribution in [0.3, 0.4) is 0 Å². The zero-order valence-corrected chi connectivity index (χ0v) is 11.5. The fourth-order valence-electron chi connectivity index (χ4n) is 1.88. The van der Waals surface area contributed by atoms with Gasteiger partial charge in [-0.15, -0.1) is 0 Å². The van der Waals surface area contributed by atoms with Gasteiger partial charge in [-0.2, -0.15) is 10.5 Å². The SMILES string of the molecule is N#CC(C#N)=Cc1cccc(OCCc2ccccc2)c1. The van der Waals surface area contributed by atoms with Crippen LogP contribution in [0.2, 0.25) is 0 Å². The molecule has 0 fully saturated rings. The minimum Gasteiger partial charge on any atom is -0.493 e. The highest BCUT2D eigenvalue weighted by molar-refractivity contribution is 5.62. The minimum atomic E-state index is 0.0800. The Morgan fingerprint density at radius 2 is 1.76 bits per heavy atom. The molecule has 0 spiro atoms. The van der Waals surface area contributed by atoms with E-state index in [0.717, 1.165) is 17.7 Å². The lowest BCUT2D eigenvalue weighted by molar-refractivity contribution is 0.322. The van der Waals surface area contributed by atoms with Crippen molar-refractivity contribution in [3.8, 4) is 17.9 Å². The van der Waals surface area contributed by atoms with Gasteiger partial charge >= 0.3 is 0 Å². The Hall–Kier alpha value is -3.04. The summed E-state index contributed by atoms with van der Waals surface area (Å²) in [4.78, 5) is 0. The topological polar surface area (TPSA) is 56.8 Å². The lowest BCUT2D eigenvalue weighted by Gasteiger charge is -2.07. The highest BCUT2D eigenvalue weighted by Gasteiger charge is 1.98. The van der Waals surface area contributed by atoms with Gasteiger partial charge in [0.25, 0.3) is 0 Å². The smallest absolute Gasteiger partial charge is 0.130 e. The molecule has 0 aliphatic rings. The monoisotopic (exact) mass is 274 g/mol. The molecule has 21 heavy (non-hydrogen) atoms. The highest BCUT2D eigenvalue weighted by Crippen LogP contribution is 2.16. The van der Waals surface area contributed by atoms with E-state index in [1.807, 2.05) is 54.6 Å². The molecular weight excluding hydrogens is 260 g/mol. The number of hydrogen-bond acceptors (Lipinski definition) is 3. The van der Waals surface area contributed by atoms with Gasteiger partial charge in [0.2, 0.25) is 0 Å². The number of rotatable bonds is 5. The van der Waals surface area contributed by atoms with Crippen molar-refractivity contribution in [2.24, 2.45) is 0 Å². The first-order valence-electron chi connectivity index (χ1n) is 6.60. The molecule has 0 heterocycles. The van der Waals surface area contributed by atoms with Gasteiger partial charge in [0, 0.05) is 6.42 Å². The first-order chi connectivity index (χ1) is 10.3. The second-order valence-electron chi connectivity index (χ2n) is 4.44. The molecule has 0 bridgehead atoms. The molecule has 0 aliphatic heterocycles. The van der Waals surface area contributed by atoms with Crippen molar-refractivity contribution in [1.29, 1.82) is 10.5 Å². The summed E-state index contributed by atoms with van der Waals surface area (Å²) in [5, 5.41) is 17.5. The van der Waals surface area contributed by atoms with Crippen LogP contribution in [0.1, 0.15) is 11.1 Å². The van der Waals surface area contributed by atoms with Gasteiger partial charge in [-0.1, -0.05) is 42.5 Å². The normalized spacial score (nSPS) is 9.24. The second-order valence-corrected chi connectivity index (χ2v) is 4.44. The lowest BCUT2D eigenvalue weighted by atomic mass is 10.1. The summed E-state index contributed by atoms with van der Waals surface area (Å²) in [7, 11) is 0. The van der Waals surface area contributed by atoms with Crippen LogP contribution in [0.4, 0.5) is 0 Å². The summed E-state index contributed by atoms with van der Waals surface area (Å²) < 4.78 is 5.70. The zero-order chi connectivity index (χ0) is 14.9. The maximum absolute atomic E-state index is 8.75. The summed E-state index contributed by atoms with van der Waals surface area (Å²) in [6, 6.07) is 21.2. The highest BCUT2D eigenvalue weighted by atomic mass is 16.5. The van der Waals surface area contributed by atoms with Gasteiger partial charge in [-0.25, -0.2) is 0 Å². The average Bonchev–Trinajstić information content (AvgIpc) is 2.54. The fraction of sp³-hybridized carbons (Fsp3) is 0.111. The van der Waals surface area contributed by atoms with Crippen molar-refractivity contribution in [3.05, 3.63) is 71.3 Å². The van der Waals surface area contributed by atoms with Crippen molar-refractivity contribution in [2.45, 2.75) is 6.42 Å². The van der Waals surface area contributed by atoms with Gasteiger partial charge in [-0.3, -0.25) is 0 Å². The molecule has 0 aromatic heterocycles. The van der Waals surface area contributed by atoms with Crippen LogP contribution in [0.15, 0.2) is 60.2 Å². The van der Waals surface area contributed by atoms with Crippen molar-refractivity contribution >= 4 is 6.08 Å². The molecule has 0 aliphatic carbocycles. The van der Waals surface area contributed by atoms with Crippen LogP contribution in [0, 0.1) is 22.7 Å². The largest absolute Gasteiger partial charge is 0.493 e. The fourth-order valence-corrected chi connectivity index (χ4v) is 1.88. The van der Waals surface area contributed by atoms with E-state index in [1.54, 1.807) is 6.08 Å². The van der Waals surface area contributed by atoms with E-state index in [9.17, 15) is 0 Å². The van der Waals surface area contributed by atoms with Crippen molar-refractivity contribution < 1.29 is 4.74 Å². The third-order valence-electron chi connectivity index (χ3n) is 2.91. The third kappa shape index (κ3) is 4.53. The summed E-state index contributed by atoms with van der Waals surface area (Å²) >= 11 is 0. The molecule has 2 rings (SSSR count). The molecule has 102 valence electrons. The van der Waals surface area contributed by atoms with Gasteiger partial charge in [0.05, 0.1) is 6.61 Å². The van der Waals surface area contributed by atoms with Crippen molar-refractivity contribution in [3.63, 3.8) is 0 Å². The molecule has 0 radical (unpaired) electrons. The minimum absolute atomic E-state index is 0.0800. The summed E-state index contributed by atoms with van der Waals surface area (Å²) in [5.74, 6) is 0.731. The lowest BCUT2D eigenvalue weighted by Crippen LogP contribution is -2.01. The standard InChI is InChI=1S/C18H14N2O/c19-13-17(14-20)11-16-7-4-8-18(12-16)21-10-9-15-5-2-1-3-6-15/h1-8,11-12H,9-10H2. The van der Waals surface area contributed by atoms with Crippen LogP contribution >= 0.6 is 0 Å². The molecule has 0 N–H and O–H groups in total. The van der Waals surface area contributed by atoms with Crippen LogP contribution < -0.4 is 4.74 Å². The molecule has 3 heteroatoms. The molecule has 3 nitrogen and oxygen atoms in total. The molecule has 2 aromatic carbocycles. The number of ether oxygens (including phenoxy) is 1. The quantitative estimate of drug-likeness (QED) is 0.780. The molecule has 0 amide bonds. The molecule has 2 aromatic rings.